The number of hydrazine groups is 1. The van der Waals surface area contributed by atoms with Crippen LogP contribution in [0.5, 0.6) is 0 Å². The van der Waals surface area contributed by atoms with Crippen LogP contribution < -0.4 is 16.6 Å². The maximum absolute atomic E-state index is 11.7. The fourth-order valence-corrected chi connectivity index (χ4v) is 1.85. The van der Waals surface area contributed by atoms with Crippen LogP contribution in [0.15, 0.2) is 49.1 Å². The minimum Gasteiger partial charge on any atom is -0.382 e. The third kappa shape index (κ3) is 2.33. The average Bonchev–Trinajstić information content (AvgIpc) is 2.43. The SMILES string of the molecule is C=CCNc1ccc2cccc(C(=O)NN)c2c1. The lowest BCUT2D eigenvalue weighted by Crippen LogP contribution is -2.30. The van der Waals surface area contributed by atoms with E-state index >= 15 is 0 Å². The molecule has 0 aliphatic carbocycles. The summed E-state index contributed by atoms with van der Waals surface area (Å²) >= 11 is 0. The summed E-state index contributed by atoms with van der Waals surface area (Å²) < 4.78 is 0. The lowest BCUT2D eigenvalue weighted by molar-refractivity contribution is 0.0955. The minimum absolute atomic E-state index is 0.290. The van der Waals surface area contributed by atoms with Gasteiger partial charge in [-0.1, -0.05) is 24.3 Å². The van der Waals surface area contributed by atoms with E-state index in [4.69, 9.17) is 5.84 Å². The molecule has 2 rings (SSSR count). The van der Waals surface area contributed by atoms with Gasteiger partial charge in [-0.2, -0.15) is 0 Å². The van der Waals surface area contributed by atoms with Crippen LogP contribution in [0.1, 0.15) is 10.4 Å². The largest absolute Gasteiger partial charge is 0.382 e. The van der Waals surface area contributed by atoms with Gasteiger partial charge >= 0.3 is 0 Å². The van der Waals surface area contributed by atoms with E-state index in [1.807, 2.05) is 30.3 Å². The van der Waals surface area contributed by atoms with Crippen molar-refractivity contribution in [2.75, 3.05) is 11.9 Å². The van der Waals surface area contributed by atoms with E-state index in [9.17, 15) is 4.79 Å². The van der Waals surface area contributed by atoms with Gasteiger partial charge in [0.2, 0.25) is 0 Å². The monoisotopic (exact) mass is 241 g/mol. The predicted octanol–water partition coefficient (Wildman–Crippen LogP) is 2.04. The Morgan fingerprint density at radius 1 is 1.33 bits per heavy atom. The molecular formula is C14H15N3O. The molecule has 0 aliphatic heterocycles. The topological polar surface area (TPSA) is 67.2 Å². The average molecular weight is 241 g/mol. The van der Waals surface area contributed by atoms with Crippen LogP contribution in [0.25, 0.3) is 10.8 Å². The summed E-state index contributed by atoms with van der Waals surface area (Å²) in [6.07, 6.45) is 1.78. The maximum Gasteiger partial charge on any atom is 0.265 e. The first-order valence-electron chi connectivity index (χ1n) is 5.64. The summed E-state index contributed by atoms with van der Waals surface area (Å²) in [5.74, 6) is 4.89. The number of hydrogen-bond donors (Lipinski definition) is 3. The number of carbonyl (C=O) groups is 1. The molecule has 1 amide bonds. The van der Waals surface area contributed by atoms with Gasteiger partial charge in [0.25, 0.3) is 5.91 Å². The van der Waals surface area contributed by atoms with Gasteiger partial charge in [-0.05, 0) is 29.0 Å². The zero-order valence-corrected chi connectivity index (χ0v) is 9.94. The van der Waals surface area contributed by atoms with E-state index in [1.165, 1.54) is 0 Å². The Morgan fingerprint density at radius 2 is 2.17 bits per heavy atom. The normalized spacial score (nSPS) is 10.1. The highest BCUT2D eigenvalue weighted by molar-refractivity contribution is 6.07. The minimum atomic E-state index is -0.290. The number of anilines is 1. The Hall–Kier alpha value is -2.33. The summed E-state index contributed by atoms with van der Waals surface area (Å²) in [4.78, 5) is 11.7. The number of nitrogens with two attached hydrogens (primary N) is 1. The molecule has 2 aromatic carbocycles. The van der Waals surface area contributed by atoms with E-state index in [0.717, 1.165) is 16.5 Å². The Morgan fingerprint density at radius 3 is 2.89 bits per heavy atom. The first kappa shape index (κ1) is 12.1. The van der Waals surface area contributed by atoms with Crippen molar-refractivity contribution in [2.45, 2.75) is 0 Å². The number of carbonyl (C=O) groups excluding carboxylic acids is 1. The summed E-state index contributed by atoms with van der Waals surface area (Å²) in [5.41, 5.74) is 3.67. The number of amides is 1. The number of fused-ring (bicyclic) bond motifs is 1. The Balaban J connectivity index is 2.51. The molecule has 0 saturated heterocycles. The highest BCUT2D eigenvalue weighted by Gasteiger charge is 2.08. The van der Waals surface area contributed by atoms with Gasteiger partial charge in [0, 0.05) is 17.8 Å². The van der Waals surface area contributed by atoms with Crippen LogP contribution in [0.2, 0.25) is 0 Å². The third-order valence-corrected chi connectivity index (χ3v) is 2.71. The second-order valence-corrected chi connectivity index (χ2v) is 3.88. The first-order valence-corrected chi connectivity index (χ1v) is 5.64. The summed E-state index contributed by atoms with van der Waals surface area (Å²) in [5, 5.41) is 5.06. The lowest BCUT2D eigenvalue weighted by Gasteiger charge is -2.08. The van der Waals surface area contributed by atoms with Gasteiger partial charge in [0.05, 0.1) is 0 Å². The Bertz CT molecular complexity index is 593. The van der Waals surface area contributed by atoms with Crippen molar-refractivity contribution < 1.29 is 4.79 Å². The van der Waals surface area contributed by atoms with Gasteiger partial charge < -0.3 is 5.32 Å². The fraction of sp³-hybridized carbons (Fsp3) is 0.0714. The van der Waals surface area contributed by atoms with Crippen LogP contribution in [0, 0.1) is 0 Å². The van der Waals surface area contributed by atoms with Crippen molar-refractivity contribution in [3.8, 4) is 0 Å². The molecule has 18 heavy (non-hydrogen) atoms. The van der Waals surface area contributed by atoms with Crippen LogP contribution in [-0.2, 0) is 0 Å². The van der Waals surface area contributed by atoms with Gasteiger partial charge in [-0.15, -0.1) is 6.58 Å². The molecule has 0 radical (unpaired) electrons. The highest BCUT2D eigenvalue weighted by Crippen LogP contribution is 2.22. The van der Waals surface area contributed by atoms with Crippen molar-refractivity contribution in [3.63, 3.8) is 0 Å². The molecule has 92 valence electrons. The molecule has 0 aliphatic rings. The molecule has 2 aromatic rings. The van der Waals surface area contributed by atoms with Gasteiger partial charge in [0.15, 0.2) is 0 Å². The molecule has 4 heteroatoms. The smallest absolute Gasteiger partial charge is 0.265 e. The quantitative estimate of drug-likeness (QED) is 0.332. The second kappa shape index (κ2) is 5.33. The molecule has 0 bridgehead atoms. The van der Waals surface area contributed by atoms with Gasteiger partial charge in [0.1, 0.15) is 0 Å². The predicted molar refractivity (Wildman–Crippen MR) is 74.3 cm³/mol. The molecular weight excluding hydrogens is 226 g/mol. The molecule has 4 nitrogen and oxygen atoms in total. The maximum atomic E-state index is 11.7. The Kier molecular flexibility index (Phi) is 3.60. The zero-order valence-electron chi connectivity index (χ0n) is 9.94. The summed E-state index contributed by atoms with van der Waals surface area (Å²) in [7, 11) is 0. The van der Waals surface area contributed by atoms with Crippen molar-refractivity contribution >= 4 is 22.4 Å². The highest BCUT2D eigenvalue weighted by atomic mass is 16.2. The molecule has 0 unspecified atom stereocenters. The number of nitrogens with one attached hydrogen (secondary N) is 2. The molecule has 0 aromatic heterocycles. The van der Waals surface area contributed by atoms with Crippen molar-refractivity contribution in [3.05, 3.63) is 54.6 Å². The lowest BCUT2D eigenvalue weighted by atomic mass is 10.0. The standard InChI is InChI=1S/C14H15N3O/c1-2-8-16-11-7-6-10-4-3-5-12(13(10)9-11)14(18)17-15/h2-7,9,16H,1,8,15H2,(H,17,18). The number of hydrogen-bond acceptors (Lipinski definition) is 3. The van der Waals surface area contributed by atoms with Crippen LogP contribution in [0.4, 0.5) is 5.69 Å². The molecule has 0 spiro atoms. The van der Waals surface area contributed by atoms with Crippen LogP contribution in [-0.4, -0.2) is 12.5 Å². The van der Waals surface area contributed by atoms with Gasteiger partial charge in [-0.25, -0.2) is 5.84 Å². The fourth-order valence-electron chi connectivity index (χ4n) is 1.85. The molecule has 0 fully saturated rings. The zero-order chi connectivity index (χ0) is 13.0. The van der Waals surface area contributed by atoms with E-state index in [1.54, 1.807) is 12.1 Å². The first-order chi connectivity index (χ1) is 8.76. The van der Waals surface area contributed by atoms with E-state index in [2.05, 4.69) is 17.3 Å². The summed E-state index contributed by atoms with van der Waals surface area (Å²) in [6.45, 7) is 4.33. The van der Waals surface area contributed by atoms with Crippen molar-refractivity contribution in [2.24, 2.45) is 5.84 Å². The van der Waals surface area contributed by atoms with Crippen molar-refractivity contribution in [1.82, 2.24) is 5.43 Å². The van der Waals surface area contributed by atoms with Crippen molar-refractivity contribution in [1.29, 1.82) is 0 Å². The molecule has 0 atom stereocenters. The number of nitrogen functional groups attached to an aromatic ring is 1. The number of rotatable bonds is 4. The Labute approximate surface area is 105 Å². The molecule has 0 saturated carbocycles. The summed E-state index contributed by atoms with van der Waals surface area (Å²) in [6, 6.07) is 11.4. The molecule has 0 heterocycles. The van der Waals surface area contributed by atoms with E-state index in [0.29, 0.717) is 12.1 Å². The van der Waals surface area contributed by atoms with Crippen LogP contribution >= 0.6 is 0 Å². The molecule has 4 N–H and O–H groups in total. The number of benzene rings is 2. The van der Waals surface area contributed by atoms with Crippen LogP contribution in [0.3, 0.4) is 0 Å². The third-order valence-electron chi connectivity index (χ3n) is 2.71. The van der Waals surface area contributed by atoms with E-state index < -0.39 is 0 Å². The second-order valence-electron chi connectivity index (χ2n) is 3.88. The van der Waals surface area contributed by atoms with E-state index in [-0.39, 0.29) is 5.91 Å². The van der Waals surface area contributed by atoms with Gasteiger partial charge in [-0.3, -0.25) is 10.2 Å².